The first kappa shape index (κ1) is 20.9. The average Bonchev–Trinajstić information content (AvgIpc) is 3.31. The van der Waals surface area contributed by atoms with E-state index in [4.69, 9.17) is 14.2 Å². The van der Waals surface area contributed by atoms with E-state index in [-0.39, 0.29) is 28.9 Å². The van der Waals surface area contributed by atoms with Crippen molar-refractivity contribution in [1.82, 2.24) is 0 Å². The Morgan fingerprint density at radius 3 is 2.55 bits per heavy atom. The molecule has 160 valence electrons. The molecule has 0 aromatic heterocycles. The van der Waals surface area contributed by atoms with E-state index < -0.39 is 17.7 Å². The van der Waals surface area contributed by atoms with Gasteiger partial charge in [0, 0.05) is 0 Å². The summed E-state index contributed by atoms with van der Waals surface area (Å²) >= 11 is 0.995. The Morgan fingerprint density at radius 1 is 1.16 bits per heavy atom. The van der Waals surface area contributed by atoms with Gasteiger partial charge in [0.1, 0.15) is 16.4 Å². The third kappa shape index (κ3) is 4.24. The van der Waals surface area contributed by atoms with Gasteiger partial charge in [0.25, 0.3) is 0 Å². The largest absolute Gasteiger partial charge is 0.506 e. The van der Waals surface area contributed by atoms with Crippen LogP contribution in [0.2, 0.25) is 0 Å². The maximum Gasteiger partial charge on any atom is 0.416 e. The second-order valence-corrected chi connectivity index (χ2v) is 7.43. The predicted molar refractivity (Wildman–Crippen MR) is 108 cm³/mol. The maximum atomic E-state index is 12.8. The Morgan fingerprint density at radius 2 is 1.87 bits per heavy atom. The van der Waals surface area contributed by atoms with Crippen molar-refractivity contribution in [3.05, 3.63) is 69.8 Å². The van der Waals surface area contributed by atoms with E-state index in [2.05, 4.69) is 4.99 Å². The fraction of sp³-hybridized carbons (Fsp3) is 0.143. The summed E-state index contributed by atoms with van der Waals surface area (Å²) in [6, 6.07) is 9.33. The molecule has 6 nitrogen and oxygen atoms in total. The van der Waals surface area contributed by atoms with Gasteiger partial charge in [0.05, 0.1) is 23.3 Å². The molecule has 0 radical (unpaired) electrons. The van der Waals surface area contributed by atoms with Crippen molar-refractivity contribution >= 4 is 34.5 Å². The first-order valence-electron chi connectivity index (χ1n) is 8.83. The van der Waals surface area contributed by atoms with Crippen LogP contribution in [0.15, 0.2) is 63.7 Å². The number of ether oxygens (including phenoxy) is 3. The number of hydrogen-bond acceptors (Lipinski definition) is 7. The zero-order valence-corrected chi connectivity index (χ0v) is 16.7. The SMILES string of the molecule is COC(=O)C1=C(O)/C(=C\c2ccc3c(c2)OCO3)SC1=Nc1ccc(C(F)(F)F)cc1. The average molecular weight is 449 g/mol. The van der Waals surface area contributed by atoms with Crippen LogP contribution in [0.5, 0.6) is 11.5 Å². The molecule has 2 aliphatic rings. The van der Waals surface area contributed by atoms with Crippen LogP contribution in [0, 0.1) is 0 Å². The van der Waals surface area contributed by atoms with E-state index in [0.29, 0.717) is 22.0 Å². The topological polar surface area (TPSA) is 77.4 Å². The Hall–Kier alpha value is -3.40. The normalized spacial score (nSPS) is 18.2. The number of carbonyl (C=O) groups is 1. The molecule has 0 fully saturated rings. The van der Waals surface area contributed by atoms with E-state index in [9.17, 15) is 23.1 Å². The molecule has 10 heteroatoms. The summed E-state index contributed by atoms with van der Waals surface area (Å²) in [6.45, 7) is 0.117. The van der Waals surface area contributed by atoms with Crippen LogP contribution in [0.1, 0.15) is 11.1 Å². The molecule has 0 atom stereocenters. The second kappa shape index (κ2) is 8.03. The Balaban J connectivity index is 1.69. The minimum Gasteiger partial charge on any atom is -0.506 e. The van der Waals surface area contributed by atoms with Crippen LogP contribution < -0.4 is 9.47 Å². The molecule has 0 bridgehead atoms. The van der Waals surface area contributed by atoms with Crippen molar-refractivity contribution in [3.8, 4) is 11.5 Å². The zero-order valence-electron chi connectivity index (χ0n) is 15.9. The Kier molecular flexibility index (Phi) is 5.40. The number of hydrogen-bond donors (Lipinski definition) is 1. The van der Waals surface area contributed by atoms with Crippen LogP contribution in [0.25, 0.3) is 6.08 Å². The molecular formula is C21H14F3NO5S. The molecular weight excluding hydrogens is 435 g/mol. The number of carbonyl (C=O) groups excluding carboxylic acids is 1. The summed E-state index contributed by atoms with van der Waals surface area (Å²) in [5.41, 5.74) is -0.114. The van der Waals surface area contributed by atoms with Crippen LogP contribution >= 0.6 is 11.8 Å². The first-order chi connectivity index (χ1) is 14.8. The van der Waals surface area contributed by atoms with Crippen LogP contribution in [0.4, 0.5) is 18.9 Å². The molecule has 0 amide bonds. The van der Waals surface area contributed by atoms with Crippen molar-refractivity contribution < 1.29 is 37.3 Å². The number of nitrogens with zero attached hydrogens (tertiary/aromatic N) is 1. The highest BCUT2D eigenvalue weighted by molar-refractivity contribution is 8.18. The smallest absolute Gasteiger partial charge is 0.416 e. The van der Waals surface area contributed by atoms with Crippen molar-refractivity contribution in [2.45, 2.75) is 6.18 Å². The van der Waals surface area contributed by atoms with E-state index in [1.165, 1.54) is 12.1 Å². The van der Waals surface area contributed by atoms with Gasteiger partial charge >= 0.3 is 12.1 Å². The van der Waals surface area contributed by atoms with Gasteiger partial charge in [-0.05, 0) is 48.0 Å². The molecule has 2 heterocycles. The molecule has 4 rings (SSSR count). The number of fused-ring (bicyclic) bond motifs is 1. The van der Waals surface area contributed by atoms with E-state index >= 15 is 0 Å². The van der Waals surface area contributed by atoms with Crippen LogP contribution in [-0.2, 0) is 15.7 Å². The first-order valence-corrected chi connectivity index (χ1v) is 9.65. The number of thioether (sulfide) groups is 1. The Labute approximate surface area is 178 Å². The summed E-state index contributed by atoms with van der Waals surface area (Å²) in [6.07, 6.45) is -2.84. The number of aliphatic hydroxyl groups excluding tert-OH is 1. The van der Waals surface area contributed by atoms with Gasteiger partial charge in [-0.2, -0.15) is 13.2 Å². The quantitative estimate of drug-likeness (QED) is 0.646. The third-order valence-corrected chi connectivity index (χ3v) is 5.42. The number of halogens is 3. The summed E-state index contributed by atoms with van der Waals surface area (Å²) in [4.78, 5) is 16.8. The summed E-state index contributed by atoms with van der Waals surface area (Å²) in [7, 11) is 1.16. The minimum atomic E-state index is -4.47. The highest BCUT2D eigenvalue weighted by Crippen LogP contribution is 2.41. The number of alkyl halides is 3. The summed E-state index contributed by atoms with van der Waals surface area (Å²) < 4.78 is 53.6. The van der Waals surface area contributed by atoms with Gasteiger partial charge in [-0.3, -0.25) is 0 Å². The van der Waals surface area contributed by atoms with Crippen LogP contribution in [0.3, 0.4) is 0 Å². The van der Waals surface area contributed by atoms with Crippen molar-refractivity contribution in [3.63, 3.8) is 0 Å². The number of rotatable bonds is 3. The van der Waals surface area contributed by atoms with E-state index in [1.807, 2.05) is 0 Å². The molecule has 2 aromatic carbocycles. The Bertz CT molecular complexity index is 1140. The lowest BCUT2D eigenvalue weighted by Crippen LogP contribution is -2.10. The van der Waals surface area contributed by atoms with Crippen LogP contribution in [-0.4, -0.2) is 30.0 Å². The number of aliphatic hydroxyl groups is 1. The van der Waals surface area contributed by atoms with Gasteiger partial charge in [-0.15, -0.1) is 0 Å². The van der Waals surface area contributed by atoms with Gasteiger partial charge in [-0.25, -0.2) is 9.79 Å². The lowest BCUT2D eigenvalue weighted by Gasteiger charge is -2.06. The van der Waals surface area contributed by atoms with Gasteiger partial charge in [0.2, 0.25) is 6.79 Å². The number of methoxy groups -OCH3 is 1. The monoisotopic (exact) mass is 449 g/mol. The summed E-state index contributed by atoms with van der Waals surface area (Å²) in [5, 5.41) is 10.7. The lowest BCUT2D eigenvalue weighted by atomic mass is 10.1. The fourth-order valence-corrected chi connectivity index (χ4v) is 3.92. The molecule has 31 heavy (non-hydrogen) atoms. The van der Waals surface area contributed by atoms with Crippen molar-refractivity contribution in [2.24, 2.45) is 4.99 Å². The highest BCUT2D eigenvalue weighted by Gasteiger charge is 2.33. The van der Waals surface area contributed by atoms with Gasteiger partial charge in [0.15, 0.2) is 11.5 Å². The predicted octanol–water partition coefficient (Wildman–Crippen LogP) is 5.24. The number of benzene rings is 2. The van der Waals surface area contributed by atoms with E-state index in [1.54, 1.807) is 24.3 Å². The molecule has 0 saturated heterocycles. The van der Waals surface area contributed by atoms with E-state index in [0.717, 1.165) is 31.0 Å². The third-order valence-electron chi connectivity index (χ3n) is 4.40. The van der Waals surface area contributed by atoms with Crippen molar-refractivity contribution in [2.75, 3.05) is 13.9 Å². The van der Waals surface area contributed by atoms with Crippen molar-refractivity contribution in [1.29, 1.82) is 0 Å². The molecule has 0 aliphatic carbocycles. The molecule has 2 aliphatic heterocycles. The van der Waals surface area contributed by atoms with Gasteiger partial charge in [-0.1, -0.05) is 17.8 Å². The number of aliphatic imine (C=N–C) groups is 1. The summed E-state index contributed by atoms with van der Waals surface area (Å²) in [5.74, 6) is -0.00151. The molecule has 2 aromatic rings. The fourth-order valence-electron chi connectivity index (χ4n) is 2.89. The molecule has 1 N–H and O–H groups in total. The molecule has 0 saturated carbocycles. The zero-order chi connectivity index (χ0) is 22.2. The standard InChI is InChI=1S/C21H14F3NO5S/c1-28-20(27)17-18(26)16(9-11-2-7-14-15(8-11)30-10-29-14)31-19(17)25-13-5-3-12(4-6-13)21(22,23)24/h2-9,26H,10H2,1H3/b16-9+,25-19?. The molecule has 0 unspecified atom stereocenters. The number of esters is 1. The highest BCUT2D eigenvalue weighted by atomic mass is 32.2. The second-order valence-electron chi connectivity index (χ2n) is 6.40. The van der Waals surface area contributed by atoms with Gasteiger partial charge < -0.3 is 19.3 Å². The minimum absolute atomic E-state index is 0.108. The lowest BCUT2D eigenvalue weighted by molar-refractivity contribution is -0.137. The maximum absolute atomic E-state index is 12.8. The molecule has 0 spiro atoms.